The second-order valence-electron chi connectivity index (χ2n) is 6.01. The van der Waals surface area contributed by atoms with Gasteiger partial charge in [0.15, 0.2) is 0 Å². The molecule has 0 aliphatic carbocycles. The molecule has 1 atom stereocenters. The largest absolute Gasteiger partial charge is 0.344 e. The van der Waals surface area contributed by atoms with Gasteiger partial charge in [-0.3, -0.25) is 4.79 Å². The first-order valence-electron chi connectivity index (χ1n) is 7.92. The van der Waals surface area contributed by atoms with Crippen molar-refractivity contribution in [3.05, 3.63) is 29.8 Å². The van der Waals surface area contributed by atoms with Crippen LogP contribution in [0.4, 0.5) is 0 Å². The van der Waals surface area contributed by atoms with E-state index in [1.807, 2.05) is 6.92 Å². The van der Waals surface area contributed by atoms with Gasteiger partial charge in [-0.05, 0) is 38.4 Å². The zero-order valence-corrected chi connectivity index (χ0v) is 15.8. The average Bonchev–Trinajstić information content (AvgIpc) is 2.55. The normalized spacial score (nSPS) is 17.8. The van der Waals surface area contributed by atoms with Crippen molar-refractivity contribution < 1.29 is 13.2 Å². The van der Waals surface area contributed by atoms with Crippen LogP contribution < -0.4 is 10.0 Å². The van der Waals surface area contributed by atoms with Crippen LogP contribution in [0.1, 0.15) is 18.4 Å². The fourth-order valence-corrected chi connectivity index (χ4v) is 3.65. The lowest BCUT2D eigenvalue weighted by molar-refractivity contribution is -0.134. The van der Waals surface area contributed by atoms with Gasteiger partial charge < -0.3 is 10.2 Å². The molecule has 1 aromatic rings. The van der Waals surface area contributed by atoms with E-state index in [0.717, 1.165) is 24.9 Å². The standard InChI is InChI=1S/C16H25N3O3S.ClH/c1-13-5-7-15(8-6-13)23(21,22)18-10-11-19(2)16(20)14-4-3-9-17-12-14;/h5-8,14,17-18H,3-4,9-12H2,1-2H3;1H. The highest BCUT2D eigenvalue weighted by molar-refractivity contribution is 7.89. The Hall–Kier alpha value is -1.15. The molecule has 1 aliphatic heterocycles. The number of aryl methyl sites for hydroxylation is 1. The smallest absolute Gasteiger partial charge is 0.240 e. The molecule has 1 fully saturated rings. The van der Waals surface area contributed by atoms with Crippen molar-refractivity contribution in [2.45, 2.75) is 24.7 Å². The minimum atomic E-state index is -3.52. The molecule has 6 nitrogen and oxygen atoms in total. The van der Waals surface area contributed by atoms with E-state index in [1.165, 1.54) is 0 Å². The Morgan fingerprint density at radius 2 is 2.00 bits per heavy atom. The van der Waals surface area contributed by atoms with Gasteiger partial charge in [0.1, 0.15) is 0 Å². The van der Waals surface area contributed by atoms with Crippen molar-refractivity contribution in [2.75, 3.05) is 33.2 Å². The number of nitrogens with zero attached hydrogens (tertiary/aromatic N) is 1. The number of hydrogen-bond acceptors (Lipinski definition) is 4. The summed E-state index contributed by atoms with van der Waals surface area (Å²) < 4.78 is 26.9. The van der Waals surface area contributed by atoms with Crippen LogP contribution >= 0.6 is 12.4 Å². The number of nitrogens with one attached hydrogen (secondary N) is 2. The second kappa shape index (κ2) is 9.36. The molecule has 8 heteroatoms. The van der Waals surface area contributed by atoms with Crippen LogP contribution in [0.3, 0.4) is 0 Å². The van der Waals surface area contributed by atoms with E-state index in [2.05, 4.69) is 10.0 Å². The molecule has 1 saturated heterocycles. The third-order valence-corrected chi connectivity index (χ3v) is 5.57. The molecular weight excluding hydrogens is 350 g/mol. The minimum Gasteiger partial charge on any atom is -0.344 e. The second-order valence-corrected chi connectivity index (χ2v) is 7.78. The number of piperidine rings is 1. The SMILES string of the molecule is Cc1ccc(S(=O)(=O)NCCN(C)C(=O)C2CCCNC2)cc1.Cl. The van der Waals surface area contributed by atoms with Crippen LogP contribution in [0.5, 0.6) is 0 Å². The Bertz CT molecular complexity index is 628. The summed E-state index contributed by atoms with van der Waals surface area (Å²) in [4.78, 5) is 14.1. The lowest BCUT2D eigenvalue weighted by Gasteiger charge is -2.27. The number of sulfonamides is 1. The molecule has 24 heavy (non-hydrogen) atoms. The lowest BCUT2D eigenvalue weighted by atomic mass is 9.98. The van der Waals surface area contributed by atoms with E-state index in [0.29, 0.717) is 13.1 Å². The molecule has 136 valence electrons. The van der Waals surface area contributed by atoms with E-state index >= 15 is 0 Å². The maximum atomic E-state index is 12.3. The Labute approximate surface area is 150 Å². The van der Waals surface area contributed by atoms with Gasteiger partial charge in [-0.1, -0.05) is 17.7 Å². The maximum absolute atomic E-state index is 12.3. The highest BCUT2D eigenvalue weighted by Crippen LogP contribution is 2.13. The third kappa shape index (κ3) is 5.73. The number of halogens is 1. The molecule has 2 rings (SSSR count). The van der Waals surface area contributed by atoms with Gasteiger partial charge in [0, 0.05) is 26.7 Å². The van der Waals surface area contributed by atoms with Gasteiger partial charge in [0.25, 0.3) is 0 Å². The molecular formula is C16H26ClN3O3S. The lowest BCUT2D eigenvalue weighted by Crippen LogP contribution is -2.43. The zero-order valence-electron chi connectivity index (χ0n) is 14.1. The van der Waals surface area contributed by atoms with Crippen LogP contribution in [-0.2, 0) is 14.8 Å². The average molecular weight is 376 g/mol. The zero-order chi connectivity index (χ0) is 16.9. The molecule has 0 bridgehead atoms. The van der Waals surface area contributed by atoms with E-state index in [9.17, 15) is 13.2 Å². The Kier molecular flexibility index (Phi) is 8.15. The quantitative estimate of drug-likeness (QED) is 0.781. The fourth-order valence-electron chi connectivity index (χ4n) is 2.63. The van der Waals surface area contributed by atoms with E-state index < -0.39 is 10.0 Å². The summed E-state index contributed by atoms with van der Waals surface area (Å²) in [7, 11) is -1.80. The first-order chi connectivity index (χ1) is 10.9. The van der Waals surface area contributed by atoms with Crippen LogP contribution in [-0.4, -0.2) is 52.5 Å². The predicted molar refractivity (Wildman–Crippen MR) is 96.8 cm³/mol. The predicted octanol–water partition coefficient (Wildman–Crippen LogP) is 1.15. The molecule has 1 unspecified atom stereocenters. The van der Waals surface area contributed by atoms with Crippen molar-refractivity contribution in [1.82, 2.24) is 14.9 Å². The van der Waals surface area contributed by atoms with Gasteiger partial charge in [0.05, 0.1) is 10.8 Å². The van der Waals surface area contributed by atoms with E-state index in [4.69, 9.17) is 0 Å². The van der Waals surface area contributed by atoms with Crippen molar-refractivity contribution in [2.24, 2.45) is 5.92 Å². The van der Waals surface area contributed by atoms with Crippen molar-refractivity contribution in [1.29, 1.82) is 0 Å². The van der Waals surface area contributed by atoms with Crippen molar-refractivity contribution in [3.8, 4) is 0 Å². The number of hydrogen-bond donors (Lipinski definition) is 2. The van der Waals surface area contributed by atoms with Crippen LogP contribution in [0.15, 0.2) is 29.2 Å². The van der Waals surface area contributed by atoms with Gasteiger partial charge >= 0.3 is 0 Å². The molecule has 1 aliphatic rings. The molecule has 0 saturated carbocycles. The first-order valence-corrected chi connectivity index (χ1v) is 9.40. The van der Waals surface area contributed by atoms with Gasteiger partial charge in [-0.2, -0.15) is 0 Å². The molecule has 0 radical (unpaired) electrons. The van der Waals surface area contributed by atoms with E-state index in [1.54, 1.807) is 36.2 Å². The summed E-state index contributed by atoms with van der Waals surface area (Å²) in [5.41, 5.74) is 1.01. The number of rotatable bonds is 6. The highest BCUT2D eigenvalue weighted by Gasteiger charge is 2.24. The summed E-state index contributed by atoms with van der Waals surface area (Å²) in [6.07, 6.45) is 1.90. The maximum Gasteiger partial charge on any atom is 0.240 e. The number of amides is 1. The number of carbonyl (C=O) groups is 1. The topological polar surface area (TPSA) is 78.5 Å². The van der Waals surface area contributed by atoms with Crippen molar-refractivity contribution >= 4 is 28.3 Å². The summed E-state index contributed by atoms with van der Waals surface area (Å²) in [6.45, 7) is 4.14. The minimum absolute atomic E-state index is 0. The Balaban J connectivity index is 0.00000288. The van der Waals surface area contributed by atoms with Crippen molar-refractivity contribution in [3.63, 3.8) is 0 Å². The number of likely N-dealkylation sites (N-methyl/N-ethyl adjacent to an activating group) is 1. The Morgan fingerprint density at radius 1 is 1.33 bits per heavy atom. The van der Waals surface area contributed by atoms with Crippen LogP contribution in [0, 0.1) is 12.8 Å². The summed E-state index contributed by atoms with van der Waals surface area (Å²) in [5, 5.41) is 3.22. The molecule has 1 aromatic carbocycles. The van der Waals surface area contributed by atoms with E-state index in [-0.39, 0.29) is 35.7 Å². The van der Waals surface area contributed by atoms with Crippen LogP contribution in [0.2, 0.25) is 0 Å². The molecule has 2 N–H and O–H groups in total. The third-order valence-electron chi connectivity index (χ3n) is 4.09. The van der Waals surface area contributed by atoms with Crippen LogP contribution in [0.25, 0.3) is 0 Å². The fraction of sp³-hybridized carbons (Fsp3) is 0.562. The number of carbonyl (C=O) groups excluding carboxylic acids is 1. The molecule has 1 amide bonds. The van der Waals surface area contributed by atoms with Gasteiger partial charge in [-0.15, -0.1) is 12.4 Å². The number of benzene rings is 1. The molecule has 0 spiro atoms. The highest BCUT2D eigenvalue weighted by atomic mass is 35.5. The summed E-state index contributed by atoms with van der Waals surface area (Å²) >= 11 is 0. The molecule has 0 aromatic heterocycles. The van der Waals surface area contributed by atoms with Gasteiger partial charge in [-0.25, -0.2) is 13.1 Å². The summed E-state index contributed by atoms with van der Waals surface area (Å²) in [6, 6.07) is 6.70. The monoisotopic (exact) mass is 375 g/mol. The van der Waals surface area contributed by atoms with Gasteiger partial charge in [0.2, 0.25) is 15.9 Å². The Morgan fingerprint density at radius 3 is 2.58 bits per heavy atom. The first kappa shape index (κ1) is 20.9. The molecule has 1 heterocycles. The summed E-state index contributed by atoms with van der Waals surface area (Å²) in [5.74, 6) is 0.0780.